The van der Waals surface area contributed by atoms with Gasteiger partial charge in [0.25, 0.3) is 5.56 Å². The highest BCUT2D eigenvalue weighted by molar-refractivity contribution is 7.88. The monoisotopic (exact) mass is 436 g/mol. The SMILES string of the molecule is Cc1ccc2n(c1=O)C(COC1CCC(C#CC(C)O)CC1)C(NS(C)(=O)=O)CC2. The highest BCUT2D eigenvalue weighted by Crippen LogP contribution is 2.29. The number of sulfonamides is 1. The predicted octanol–water partition coefficient (Wildman–Crippen LogP) is 1.52. The van der Waals surface area contributed by atoms with Crippen LogP contribution < -0.4 is 10.3 Å². The average Bonchev–Trinajstić information content (AvgIpc) is 2.68. The van der Waals surface area contributed by atoms with Crippen molar-refractivity contribution in [3.63, 3.8) is 0 Å². The van der Waals surface area contributed by atoms with Gasteiger partial charge in [-0.2, -0.15) is 0 Å². The molecule has 30 heavy (non-hydrogen) atoms. The summed E-state index contributed by atoms with van der Waals surface area (Å²) >= 11 is 0. The van der Waals surface area contributed by atoms with Crippen LogP contribution in [0.1, 0.15) is 56.3 Å². The molecule has 3 rings (SSSR count). The Bertz CT molecular complexity index is 965. The van der Waals surface area contributed by atoms with Crippen molar-refractivity contribution in [1.29, 1.82) is 0 Å². The Morgan fingerprint density at radius 1 is 1.27 bits per heavy atom. The molecule has 1 fully saturated rings. The van der Waals surface area contributed by atoms with E-state index in [1.54, 1.807) is 18.4 Å². The first-order valence-electron chi connectivity index (χ1n) is 10.6. The van der Waals surface area contributed by atoms with E-state index in [0.29, 0.717) is 18.4 Å². The van der Waals surface area contributed by atoms with Gasteiger partial charge in [0.2, 0.25) is 10.0 Å². The van der Waals surface area contributed by atoms with Gasteiger partial charge in [0.05, 0.1) is 25.0 Å². The average molecular weight is 437 g/mol. The van der Waals surface area contributed by atoms with Gasteiger partial charge < -0.3 is 14.4 Å². The number of rotatable bonds is 5. The molecule has 3 unspecified atom stereocenters. The summed E-state index contributed by atoms with van der Waals surface area (Å²) in [5.74, 6) is 6.23. The van der Waals surface area contributed by atoms with Gasteiger partial charge in [-0.05, 0) is 58.4 Å². The molecule has 0 spiro atoms. The van der Waals surface area contributed by atoms with Crippen molar-refractivity contribution in [2.45, 2.75) is 76.7 Å². The van der Waals surface area contributed by atoms with Crippen LogP contribution in [0.5, 0.6) is 0 Å². The molecule has 1 aromatic heterocycles. The van der Waals surface area contributed by atoms with E-state index in [9.17, 15) is 18.3 Å². The highest BCUT2D eigenvalue weighted by Gasteiger charge is 2.33. The third-order valence-corrected chi connectivity index (χ3v) is 6.67. The summed E-state index contributed by atoms with van der Waals surface area (Å²) in [6.45, 7) is 3.73. The van der Waals surface area contributed by atoms with Gasteiger partial charge in [-0.25, -0.2) is 13.1 Å². The second-order valence-corrected chi connectivity index (χ2v) is 10.3. The van der Waals surface area contributed by atoms with E-state index in [-0.39, 0.29) is 36.3 Å². The van der Waals surface area contributed by atoms with E-state index in [2.05, 4.69) is 16.6 Å². The Morgan fingerprint density at radius 3 is 2.60 bits per heavy atom. The molecule has 0 radical (unpaired) electrons. The number of aromatic nitrogens is 1. The summed E-state index contributed by atoms with van der Waals surface area (Å²) in [4.78, 5) is 12.9. The number of nitrogens with one attached hydrogen (secondary N) is 1. The Kier molecular flexibility index (Phi) is 7.40. The Morgan fingerprint density at radius 2 is 1.97 bits per heavy atom. The normalized spacial score (nSPS) is 27.6. The first-order chi connectivity index (χ1) is 14.1. The number of fused-ring (bicyclic) bond motifs is 1. The fourth-order valence-electron chi connectivity index (χ4n) is 4.39. The molecule has 3 atom stereocenters. The Hall–Kier alpha value is -1.66. The summed E-state index contributed by atoms with van der Waals surface area (Å²) in [7, 11) is -3.40. The molecule has 1 aliphatic carbocycles. The Balaban J connectivity index is 1.72. The van der Waals surface area contributed by atoms with Crippen molar-refractivity contribution < 1.29 is 18.3 Å². The zero-order valence-electron chi connectivity index (χ0n) is 17.9. The maximum absolute atomic E-state index is 12.9. The smallest absolute Gasteiger partial charge is 0.254 e. The van der Waals surface area contributed by atoms with E-state index in [1.807, 2.05) is 12.1 Å². The third-order valence-electron chi connectivity index (χ3n) is 5.94. The fraction of sp³-hybridized carbons (Fsp3) is 0.682. The van der Waals surface area contributed by atoms with Crippen molar-refractivity contribution in [3.05, 3.63) is 33.7 Å². The van der Waals surface area contributed by atoms with E-state index >= 15 is 0 Å². The van der Waals surface area contributed by atoms with Crippen LogP contribution in [-0.2, 0) is 21.2 Å². The summed E-state index contributed by atoms with van der Waals surface area (Å²) in [6.07, 6.45) is 5.45. The summed E-state index contributed by atoms with van der Waals surface area (Å²) in [5.41, 5.74) is 1.47. The highest BCUT2D eigenvalue weighted by atomic mass is 32.2. The van der Waals surface area contributed by atoms with Gasteiger partial charge >= 0.3 is 0 Å². The van der Waals surface area contributed by atoms with Crippen LogP contribution >= 0.6 is 0 Å². The van der Waals surface area contributed by atoms with Crippen LogP contribution in [0.4, 0.5) is 0 Å². The number of nitrogens with zero attached hydrogens (tertiary/aromatic N) is 1. The number of aryl methyl sites for hydroxylation is 2. The van der Waals surface area contributed by atoms with Crippen molar-refractivity contribution in [3.8, 4) is 11.8 Å². The lowest BCUT2D eigenvalue weighted by molar-refractivity contribution is -0.00300. The predicted molar refractivity (Wildman–Crippen MR) is 116 cm³/mol. The van der Waals surface area contributed by atoms with Crippen molar-refractivity contribution in [2.75, 3.05) is 12.9 Å². The Labute approximate surface area is 178 Å². The fourth-order valence-corrected chi connectivity index (χ4v) is 5.21. The molecule has 1 aliphatic heterocycles. The second kappa shape index (κ2) is 9.65. The number of hydrogen-bond donors (Lipinski definition) is 2. The van der Waals surface area contributed by atoms with Crippen LogP contribution in [0, 0.1) is 24.7 Å². The zero-order valence-corrected chi connectivity index (χ0v) is 18.7. The molecule has 2 aliphatic rings. The number of pyridine rings is 1. The van der Waals surface area contributed by atoms with Gasteiger partial charge in [0.15, 0.2) is 0 Å². The third kappa shape index (κ3) is 5.94. The number of ether oxygens (including phenoxy) is 1. The van der Waals surface area contributed by atoms with Crippen LogP contribution in [-0.4, -0.2) is 49.2 Å². The van der Waals surface area contributed by atoms with Crippen LogP contribution in [0.25, 0.3) is 0 Å². The standard InChI is InChI=1S/C22H32N2O5S/c1-15-4-9-18-10-13-20(23-30(3,27)28)21(24(18)22(15)26)14-29-19-11-7-17(8-12-19)6-5-16(2)25/h4,9,16-17,19-21,23,25H,7-8,10-14H2,1-3H3. The molecule has 1 saturated carbocycles. The van der Waals surface area contributed by atoms with Crippen LogP contribution in [0.3, 0.4) is 0 Å². The molecule has 0 amide bonds. The maximum atomic E-state index is 12.9. The number of aliphatic hydroxyl groups excluding tert-OH is 1. The van der Waals surface area contributed by atoms with Gasteiger partial charge in [0.1, 0.15) is 6.10 Å². The topological polar surface area (TPSA) is 97.6 Å². The molecule has 0 bridgehead atoms. The molecule has 2 N–H and O–H groups in total. The largest absolute Gasteiger partial charge is 0.381 e. The second-order valence-electron chi connectivity index (χ2n) is 8.56. The van der Waals surface area contributed by atoms with E-state index in [4.69, 9.17) is 4.74 Å². The van der Waals surface area contributed by atoms with E-state index in [1.165, 1.54) is 0 Å². The summed E-state index contributed by atoms with van der Waals surface area (Å²) in [5, 5.41) is 9.32. The molecular formula is C22H32N2O5S. The van der Waals surface area contributed by atoms with Crippen molar-refractivity contribution in [1.82, 2.24) is 9.29 Å². The molecule has 7 nitrogen and oxygen atoms in total. The minimum Gasteiger partial charge on any atom is -0.381 e. The molecule has 0 saturated heterocycles. The van der Waals surface area contributed by atoms with Gasteiger partial charge in [-0.15, -0.1) is 0 Å². The first kappa shape index (κ1) is 23.0. The summed E-state index contributed by atoms with van der Waals surface area (Å²) < 4.78 is 34.4. The lowest BCUT2D eigenvalue weighted by Crippen LogP contribution is -2.49. The zero-order chi connectivity index (χ0) is 21.9. The van der Waals surface area contributed by atoms with Gasteiger partial charge in [-0.1, -0.05) is 17.9 Å². The molecule has 166 valence electrons. The van der Waals surface area contributed by atoms with E-state index < -0.39 is 16.1 Å². The molecule has 8 heteroatoms. The molecule has 1 aromatic rings. The van der Waals surface area contributed by atoms with Crippen molar-refractivity contribution >= 4 is 10.0 Å². The molecule has 0 aromatic carbocycles. The molecule has 2 heterocycles. The minimum atomic E-state index is -3.40. The quantitative estimate of drug-likeness (QED) is 0.682. The minimum absolute atomic E-state index is 0.0689. The lowest BCUT2D eigenvalue weighted by atomic mass is 9.87. The maximum Gasteiger partial charge on any atom is 0.254 e. The lowest BCUT2D eigenvalue weighted by Gasteiger charge is -2.36. The van der Waals surface area contributed by atoms with Crippen LogP contribution in [0.2, 0.25) is 0 Å². The van der Waals surface area contributed by atoms with Gasteiger partial charge in [-0.3, -0.25) is 4.79 Å². The van der Waals surface area contributed by atoms with E-state index in [0.717, 1.165) is 37.6 Å². The van der Waals surface area contributed by atoms with Gasteiger partial charge in [0, 0.05) is 23.2 Å². The first-order valence-corrected chi connectivity index (χ1v) is 12.5. The molecular weight excluding hydrogens is 404 g/mol. The van der Waals surface area contributed by atoms with Crippen LogP contribution in [0.15, 0.2) is 16.9 Å². The summed E-state index contributed by atoms with van der Waals surface area (Å²) in [6, 6.07) is 3.03. The number of hydrogen-bond acceptors (Lipinski definition) is 5. The number of aliphatic hydroxyl groups is 1. The van der Waals surface area contributed by atoms with Crippen molar-refractivity contribution in [2.24, 2.45) is 5.92 Å².